The summed E-state index contributed by atoms with van der Waals surface area (Å²) < 4.78 is 63.7. The number of halogens is 4. The fourth-order valence-corrected chi connectivity index (χ4v) is 3.51. The summed E-state index contributed by atoms with van der Waals surface area (Å²) in [4.78, 5) is 11.8. The van der Waals surface area contributed by atoms with Gasteiger partial charge in [-0.3, -0.25) is 10.1 Å². The zero-order valence-electron chi connectivity index (χ0n) is 12.3. The number of carbonyl (C=O) groups is 1. The summed E-state index contributed by atoms with van der Waals surface area (Å²) in [6.45, 7) is 1.23. The molecule has 13 heteroatoms. The van der Waals surface area contributed by atoms with E-state index in [2.05, 4.69) is 20.2 Å². The molecule has 1 unspecified atom stereocenters. The van der Waals surface area contributed by atoms with Gasteiger partial charge in [0, 0.05) is 5.02 Å². The van der Waals surface area contributed by atoms with Crippen LogP contribution in [0.5, 0.6) is 0 Å². The minimum absolute atomic E-state index is 0.119. The van der Waals surface area contributed by atoms with E-state index in [4.69, 9.17) is 11.6 Å². The van der Waals surface area contributed by atoms with Crippen molar-refractivity contribution in [2.45, 2.75) is 24.0 Å². The van der Waals surface area contributed by atoms with E-state index < -0.39 is 38.3 Å². The van der Waals surface area contributed by atoms with Gasteiger partial charge in [0.15, 0.2) is 0 Å². The normalized spacial score (nSPS) is 13.5. The SMILES string of the molecule is CC(NS(=O)(=O)c1ccc(Cl)cc1)C(=O)Nc1nnc(C(F)(F)F)s1. The fourth-order valence-electron chi connectivity index (χ4n) is 1.57. The molecular weight excluding hydrogens is 405 g/mol. The van der Waals surface area contributed by atoms with Crippen LogP contribution in [-0.4, -0.2) is 30.6 Å². The van der Waals surface area contributed by atoms with Crippen LogP contribution in [0.15, 0.2) is 29.2 Å². The third kappa shape index (κ3) is 5.11. The molecule has 0 fully saturated rings. The molecule has 0 saturated heterocycles. The number of anilines is 1. The number of aromatic nitrogens is 2. The summed E-state index contributed by atoms with van der Waals surface area (Å²) in [5.41, 5.74) is 0. The third-order valence-corrected chi connectivity index (χ3v) is 5.44. The summed E-state index contributed by atoms with van der Waals surface area (Å²) in [7, 11) is -4.01. The van der Waals surface area contributed by atoms with Gasteiger partial charge in [-0.15, -0.1) is 10.2 Å². The van der Waals surface area contributed by atoms with Crippen LogP contribution in [0.3, 0.4) is 0 Å². The van der Waals surface area contributed by atoms with E-state index in [1.54, 1.807) is 0 Å². The van der Waals surface area contributed by atoms with Crippen molar-refractivity contribution in [1.29, 1.82) is 0 Å². The van der Waals surface area contributed by atoms with E-state index >= 15 is 0 Å². The average molecular weight is 415 g/mol. The van der Waals surface area contributed by atoms with Gasteiger partial charge in [0.25, 0.3) is 0 Å². The van der Waals surface area contributed by atoms with E-state index in [0.29, 0.717) is 5.02 Å². The van der Waals surface area contributed by atoms with Gasteiger partial charge in [-0.25, -0.2) is 8.42 Å². The van der Waals surface area contributed by atoms with Crippen molar-refractivity contribution in [3.63, 3.8) is 0 Å². The molecule has 1 amide bonds. The highest BCUT2D eigenvalue weighted by Gasteiger charge is 2.36. The molecule has 1 aromatic heterocycles. The largest absolute Gasteiger partial charge is 0.445 e. The molecule has 1 atom stereocenters. The second kappa shape index (κ2) is 7.23. The van der Waals surface area contributed by atoms with E-state index in [0.717, 1.165) is 0 Å². The number of alkyl halides is 3. The highest BCUT2D eigenvalue weighted by molar-refractivity contribution is 7.89. The Bertz CT molecular complexity index is 868. The molecule has 0 radical (unpaired) electrons. The van der Waals surface area contributed by atoms with Crippen molar-refractivity contribution in [3.8, 4) is 0 Å². The molecule has 0 aliphatic heterocycles. The van der Waals surface area contributed by atoms with E-state index in [1.165, 1.54) is 31.2 Å². The Morgan fingerprint density at radius 3 is 2.36 bits per heavy atom. The molecule has 7 nitrogen and oxygen atoms in total. The standard InChI is InChI=1S/C12H10ClF3N4O3S2/c1-6(20-25(22,23)8-4-2-7(13)3-5-8)9(21)17-11-19-18-10(24-11)12(14,15)16/h2-6,20H,1H3,(H,17,19,21). The van der Waals surface area contributed by atoms with Gasteiger partial charge in [0.2, 0.25) is 26.1 Å². The monoisotopic (exact) mass is 414 g/mol. The first-order chi connectivity index (χ1) is 11.5. The average Bonchev–Trinajstić information content (AvgIpc) is 2.95. The number of sulfonamides is 1. The zero-order chi connectivity index (χ0) is 18.8. The summed E-state index contributed by atoms with van der Waals surface area (Å²) in [5.74, 6) is -0.887. The molecule has 2 rings (SSSR count). The zero-order valence-corrected chi connectivity index (χ0v) is 14.7. The molecule has 0 spiro atoms. The smallest absolute Gasteiger partial charge is 0.299 e. The molecule has 2 aromatic rings. The van der Waals surface area contributed by atoms with Gasteiger partial charge < -0.3 is 0 Å². The van der Waals surface area contributed by atoms with Crippen molar-refractivity contribution >= 4 is 44.0 Å². The van der Waals surface area contributed by atoms with Crippen LogP contribution in [0.25, 0.3) is 0 Å². The summed E-state index contributed by atoms with van der Waals surface area (Å²) in [6, 6.07) is 3.95. The Labute approximate surface area is 149 Å². The lowest BCUT2D eigenvalue weighted by Crippen LogP contribution is -2.41. The lowest BCUT2D eigenvalue weighted by Gasteiger charge is -2.13. The number of nitrogens with one attached hydrogen (secondary N) is 2. The van der Waals surface area contributed by atoms with Gasteiger partial charge >= 0.3 is 6.18 Å². The van der Waals surface area contributed by atoms with Crippen LogP contribution in [-0.2, 0) is 21.0 Å². The minimum atomic E-state index is -4.68. The van der Waals surface area contributed by atoms with Gasteiger partial charge in [-0.05, 0) is 31.2 Å². The molecular formula is C12H10ClF3N4O3S2. The van der Waals surface area contributed by atoms with E-state index in [-0.39, 0.29) is 16.2 Å². The first-order valence-electron chi connectivity index (χ1n) is 6.48. The molecule has 0 aliphatic rings. The summed E-state index contributed by atoms with van der Waals surface area (Å²) in [5, 5.41) is 6.89. The lowest BCUT2D eigenvalue weighted by molar-refractivity contribution is -0.138. The Kier molecular flexibility index (Phi) is 5.66. The number of nitrogens with zero attached hydrogens (tertiary/aromatic N) is 2. The Morgan fingerprint density at radius 1 is 1.24 bits per heavy atom. The topological polar surface area (TPSA) is 101 Å². The predicted molar refractivity (Wildman–Crippen MR) is 84.8 cm³/mol. The van der Waals surface area contributed by atoms with Crippen molar-refractivity contribution in [3.05, 3.63) is 34.3 Å². The molecule has 136 valence electrons. The van der Waals surface area contributed by atoms with Crippen LogP contribution in [0.2, 0.25) is 5.02 Å². The van der Waals surface area contributed by atoms with Crippen molar-refractivity contribution in [2.24, 2.45) is 0 Å². The number of amides is 1. The number of hydrogen-bond acceptors (Lipinski definition) is 6. The fraction of sp³-hybridized carbons (Fsp3) is 0.250. The van der Waals surface area contributed by atoms with Crippen LogP contribution in [0, 0.1) is 0 Å². The highest BCUT2D eigenvalue weighted by atomic mass is 35.5. The molecule has 1 aromatic carbocycles. The molecule has 0 saturated carbocycles. The van der Waals surface area contributed by atoms with Crippen molar-refractivity contribution in [2.75, 3.05) is 5.32 Å². The van der Waals surface area contributed by atoms with Gasteiger partial charge in [0.1, 0.15) is 0 Å². The summed E-state index contributed by atoms with van der Waals surface area (Å²) >= 11 is 5.80. The first-order valence-corrected chi connectivity index (χ1v) is 9.16. The number of carbonyl (C=O) groups excluding carboxylic acids is 1. The van der Waals surface area contributed by atoms with Crippen LogP contribution < -0.4 is 10.0 Å². The van der Waals surface area contributed by atoms with E-state index in [1.807, 2.05) is 0 Å². The molecule has 2 N–H and O–H groups in total. The molecule has 1 heterocycles. The maximum absolute atomic E-state index is 12.4. The lowest BCUT2D eigenvalue weighted by atomic mass is 10.3. The van der Waals surface area contributed by atoms with Crippen molar-refractivity contribution in [1.82, 2.24) is 14.9 Å². The predicted octanol–water partition coefficient (Wildman–Crippen LogP) is 2.52. The Morgan fingerprint density at radius 2 is 1.84 bits per heavy atom. The van der Waals surface area contributed by atoms with E-state index in [9.17, 15) is 26.4 Å². The highest BCUT2D eigenvalue weighted by Crippen LogP contribution is 2.33. The van der Waals surface area contributed by atoms with Gasteiger partial charge in [-0.1, -0.05) is 22.9 Å². The Balaban J connectivity index is 2.05. The minimum Gasteiger partial charge on any atom is -0.299 e. The maximum atomic E-state index is 12.4. The van der Waals surface area contributed by atoms with Crippen LogP contribution >= 0.6 is 22.9 Å². The quantitative estimate of drug-likeness (QED) is 0.782. The number of hydrogen-bond donors (Lipinski definition) is 2. The molecule has 0 aliphatic carbocycles. The number of rotatable bonds is 5. The third-order valence-electron chi connectivity index (χ3n) is 2.75. The van der Waals surface area contributed by atoms with Crippen LogP contribution in [0.4, 0.5) is 18.3 Å². The summed E-state index contributed by atoms with van der Waals surface area (Å²) in [6.07, 6.45) is -4.68. The Hall–Kier alpha value is -1.76. The second-order valence-electron chi connectivity index (χ2n) is 4.70. The molecule has 0 bridgehead atoms. The molecule has 25 heavy (non-hydrogen) atoms. The van der Waals surface area contributed by atoms with Gasteiger partial charge in [-0.2, -0.15) is 17.9 Å². The maximum Gasteiger partial charge on any atom is 0.445 e. The first kappa shape index (κ1) is 19.6. The number of benzene rings is 1. The van der Waals surface area contributed by atoms with Gasteiger partial charge in [0.05, 0.1) is 10.9 Å². The van der Waals surface area contributed by atoms with Crippen molar-refractivity contribution < 1.29 is 26.4 Å². The second-order valence-corrected chi connectivity index (χ2v) is 7.82. The van der Waals surface area contributed by atoms with Crippen LogP contribution in [0.1, 0.15) is 11.9 Å².